The van der Waals surface area contributed by atoms with E-state index in [2.05, 4.69) is 0 Å². The van der Waals surface area contributed by atoms with E-state index in [1.54, 1.807) is 11.4 Å². The second kappa shape index (κ2) is 6.62. The molecule has 0 N–H and O–H groups in total. The first-order valence-corrected chi connectivity index (χ1v) is 7.48. The number of hydrogen-bond acceptors (Lipinski definition) is 3. The van der Waals surface area contributed by atoms with E-state index in [4.69, 9.17) is 11.6 Å². The van der Waals surface area contributed by atoms with E-state index in [0.29, 0.717) is 5.02 Å². The summed E-state index contributed by atoms with van der Waals surface area (Å²) in [6.45, 7) is 0. The highest BCUT2D eigenvalue weighted by atomic mass is 35.5. The van der Waals surface area contributed by atoms with Crippen LogP contribution in [0.1, 0.15) is 26.5 Å². The van der Waals surface area contributed by atoms with Gasteiger partial charge in [-0.25, -0.2) is 0 Å². The van der Waals surface area contributed by atoms with Gasteiger partial charge in [-0.05, 0) is 35.7 Å². The van der Waals surface area contributed by atoms with Gasteiger partial charge < -0.3 is 0 Å². The molecule has 2 nitrogen and oxygen atoms in total. The van der Waals surface area contributed by atoms with Gasteiger partial charge in [-0.3, -0.25) is 9.59 Å². The molecule has 22 heavy (non-hydrogen) atoms. The van der Waals surface area contributed by atoms with Crippen molar-refractivity contribution in [2.45, 2.75) is 12.6 Å². The number of Topliss-reactive ketones (excluding diaryl/α,β-unsaturated/α-hetero) is 2. The number of alkyl halides is 3. The Morgan fingerprint density at radius 1 is 1.09 bits per heavy atom. The van der Waals surface area contributed by atoms with Crippen LogP contribution in [0.3, 0.4) is 0 Å². The quantitative estimate of drug-likeness (QED) is 0.561. The van der Waals surface area contributed by atoms with Crippen LogP contribution in [0.2, 0.25) is 5.02 Å². The van der Waals surface area contributed by atoms with Gasteiger partial charge >= 0.3 is 6.18 Å². The summed E-state index contributed by atoms with van der Waals surface area (Å²) in [4.78, 5) is 24.7. The predicted octanol–water partition coefficient (Wildman–Crippen LogP) is 5.04. The molecule has 0 saturated heterocycles. The van der Waals surface area contributed by atoms with Crippen LogP contribution in [0.25, 0.3) is 0 Å². The van der Waals surface area contributed by atoms with Crippen LogP contribution >= 0.6 is 22.9 Å². The topological polar surface area (TPSA) is 34.1 Å². The molecule has 0 aliphatic carbocycles. The number of thiophene rings is 1. The predicted molar refractivity (Wildman–Crippen MR) is 78.6 cm³/mol. The molecule has 116 valence electrons. The van der Waals surface area contributed by atoms with Gasteiger partial charge in [0, 0.05) is 10.6 Å². The van der Waals surface area contributed by atoms with Gasteiger partial charge in [-0.1, -0.05) is 17.7 Å². The van der Waals surface area contributed by atoms with E-state index < -0.39 is 30.1 Å². The molecule has 0 saturated carbocycles. The molecule has 0 aliphatic rings. The fraction of sp³-hybridized carbons (Fsp3) is 0.200. The van der Waals surface area contributed by atoms with Gasteiger partial charge in [0.1, 0.15) is 0 Å². The maximum Gasteiger partial charge on any atom is 0.390 e. The van der Waals surface area contributed by atoms with Crippen molar-refractivity contribution < 1.29 is 22.8 Å². The fourth-order valence-electron chi connectivity index (χ4n) is 1.94. The minimum absolute atomic E-state index is 0.0311. The number of hydrogen-bond donors (Lipinski definition) is 0. The van der Waals surface area contributed by atoms with Gasteiger partial charge in [-0.15, -0.1) is 11.3 Å². The summed E-state index contributed by atoms with van der Waals surface area (Å²) in [6.07, 6.45) is -6.09. The summed E-state index contributed by atoms with van der Waals surface area (Å²) in [5.74, 6) is -3.44. The van der Waals surface area contributed by atoms with Crippen molar-refractivity contribution in [1.29, 1.82) is 0 Å². The average Bonchev–Trinajstić information content (AvgIpc) is 2.97. The zero-order valence-corrected chi connectivity index (χ0v) is 12.6. The largest absolute Gasteiger partial charge is 0.390 e. The Bertz CT molecular complexity index is 663. The van der Waals surface area contributed by atoms with Gasteiger partial charge in [-0.2, -0.15) is 13.2 Å². The Morgan fingerprint density at radius 3 is 2.23 bits per heavy atom. The van der Waals surface area contributed by atoms with Crippen LogP contribution in [0.5, 0.6) is 0 Å². The summed E-state index contributed by atoms with van der Waals surface area (Å²) in [7, 11) is 0. The molecule has 0 amide bonds. The molecule has 7 heteroatoms. The molecule has 1 heterocycles. The van der Waals surface area contributed by atoms with E-state index >= 15 is 0 Å². The summed E-state index contributed by atoms with van der Waals surface area (Å²) in [5.41, 5.74) is 0.0311. The standard InChI is InChI=1S/C15H10ClF3O2S/c16-10-5-3-9(4-6-10)13(20)11(8-15(17,18)19)14(21)12-2-1-7-22-12/h1-7,11H,8H2. The third kappa shape index (κ3) is 4.18. The third-order valence-electron chi connectivity index (χ3n) is 2.96. The van der Waals surface area contributed by atoms with E-state index in [-0.39, 0.29) is 10.4 Å². The first-order chi connectivity index (χ1) is 10.3. The molecule has 2 aromatic rings. The van der Waals surface area contributed by atoms with Crippen molar-refractivity contribution in [2.75, 3.05) is 0 Å². The van der Waals surface area contributed by atoms with E-state index in [9.17, 15) is 22.8 Å². The minimum atomic E-state index is -4.61. The summed E-state index contributed by atoms with van der Waals surface area (Å²) >= 11 is 6.70. The lowest BCUT2D eigenvalue weighted by Crippen LogP contribution is -2.29. The molecular formula is C15H10ClF3O2S. The van der Waals surface area contributed by atoms with Crippen molar-refractivity contribution in [3.63, 3.8) is 0 Å². The van der Waals surface area contributed by atoms with Crippen LogP contribution in [0, 0.1) is 5.92 Å². The molecule has 1 unspecified atom stereocenters. The van der Waals surface area contributed by atoms with Crippen LogP contribution in [-0.2, 0) is 0 Å². The first kappa shape index (κ1) is 16.7. The number of ketones is 2. The fourth-order valence-corrected chi connectivity index (χ4v) is 2.79. The molecule has 1 atom stereocenters. The van der Waals surface area contributed by atoms with Crippen molar-refractivity contribution in [2.24, 2.45) is 5.92 Å². The molecule has 0 bridgehead atoms. The Labute approximate surface area is 133 Å². The monoisotopic (exact) mass is 346 g/mol. The highest BCUT2D eigenvalue weighted by Gasteiger charge is 2.40. The maximum atomic E-state index is 12.7. The molecule has 1 aromatic carbocycles. The normalized spacial score (nSPS) is 12.9. The molecule has 1 aromatic heterocycles. The number of carbonyl (C=O) groups excluding carboxylic acids is 2. The molecule has 2 rings (SSSR count). The molecule has 0 fully saturated rings. The maximum absolute atomic E-state index is 12.7. The third-order valence-corrected chi connectivity index (χ3v) is 4.10. The highest BCUT2D eigenvalue weighted by molar-refractivity contribution is 7.12. The van der Waals surface area contributed by atoms with Gasteiger partial charge in [0.25, 0.3) is 0 Å². The molecule has 0 aliphatic heterocycles. The number of halogens is 4. The SMILES string of the molecule is O=C(c1ccc(Cl)cc1)C(CC(F)(F)F)C(=O)c1cccs1. The smallest absolute Gasteiger partial charge is 0.293 e. The van der Waals surface area contributed by atoms with Crippen LogP contribution < -0.4 is 0 Å². The van der Waals surface area contributed by atoms with Gasteiger partial charge in [0.2, 0.25) is 0 Å². The summed E-state index contributed by atoms with van der Waals surface area (Å²) < 4.78 is 38.2. The first-order valence-electron chi connectivity index (χ1n) is 6.22. The lowest BCUT2D eigenvalue weighted by molar-refractivity contribution is -0.138. The molecule has 0 radical (unpaired) electrons. The Balaban J connectivity index is 2.33. The van der Waals surface area contributed by atoms with Crippen molar-refractivity contribution in [3.8, 4) is 0 Å². The second-order valence-electron chi connectivity index (χ2n) is 4.58. The van der Waals surface area contributed by atoms with Gasteiger partial charge in [0.15, 0.2) is 11.6 Å². The van der Waals surface area contributed by atoms with Crippen molar-refractivity contribution in [3.05, 3.63) is 57.2 Å². The lowest BCUT2D eigenvalue weighted by Gasteiger charge is -2.16. The minimum Gasteiger partial charge on any atom is -0.293 e. The zero-order chi connectivity index (χ0) is 16.3. The van der Waals surface area contributed by atoms with Crippen LogP contribution in [0.4, 0.5) is 13.2 Å². The Morgan fingerprint density at radius 2 is 1.73 bits per heavy atom. The van der Waals surface area contributed by atoms with Gasteiger partial charge in [0.05, 0.1) is 17.2 Å². The van der Waals surface area contributed by atoms with Crippen molar-refractivity contribution >= 4 is 34.5 Å². The van der Waals surface area contributed by atoms with Crippen LogP contribution in [-0.4, -0.2) is 17.7 Å². The summed E-state index contributed by atoms with van der Waals surface area (Å²) in [5, 5.41) is 1.93. The Hall–Kier alpha value is -1.66. The number of rotatable bonds is 5. The van der Waals surface area contributed by atoms with E-state index in [1.807, 2.05) is 0 Å². The van der Waals surface area contributed by atoms with Crippen molar-refractivity contribution in [1.82, 2.24) is 0 Å². The zero-order valence-electron chi connectivity index (χ0n) is 11.1. The van der Waals surface area contributed by atoms with Crippen LogP contribution in [0.15, 0.2) is 41.8 Å². The van der Waals surface area contributed by atoms with E-state index in [0.717, 1.165) is 11.3 Å². The average molecular weight is 347 g/mol. The Kier molecular flexibility index (Phi) is 5.03. The lowest BCUT2D eigenvalue weighted by atomic mass is 9.90. The number of benzene rings is 1. The molecular weight excluding hydrogens is 337 g/mol. The summed E-state index contributed by atoms with van der Waals surface area (Å²) in [6, 6.07) is 8.39. The highest BCUT2D eigenvalue weighted by Crippen LogP contribution is 2.30. The van der Waals surface area contributed by atoms with E-state index in [1.165, 1.54) is 30.3 Å². The second-order valence-corrected chi connectivity index (χ2v) is 5.97. The number of carbonyl (C=O) groups is 2. The molecule has 0 spiro atoms.